The van der Waals surface area contributed by atoms with Crippen LogP contribution in [0, 0.1) is 5.92 Å². The van der Waals surface area contributed by atoms with Gasteiger partial charge in [0.1, 0.15) is 7.05 Å². The van der Waals surface area contributed by atoms with E-state index in [1.807, 2.05) is 0 Å². The lowest BCUT2D eigenvalue weighted by Gasteiger charge is -1.97. The van der Waals surface area contributed by atoms with Gasteiger partial charge in [0.25, 0.3) is 0 Å². The second-order valence-electron chi connectivity index (χ2n) is 3.36. The smallest absolute Gasteiger partial charge is 0.176 e. The van der Waals surface area contributed by atoms with Crippen molar-refractivity contribution in [1.82, 2.24) is 0 Å². The summed E-state index contributed by atoms with van der Waals surface area (Å²) in [7, 11) is 2.09. The molecular weight excluding hydrogens is 124 g/mol. The van der Waals surface area contributed by atoms with Crippen LogP contribution in [0.4, 0.5) is 0 Å². The molecule has 1 aliphatic rings. The first kappa shape index (κ1) is 7.45. The first-order chi connectivity index (χ1) is 4.68. The Morgan fingerprint density at radius 3 is 2.50 bits per heavy atom. The molecule has 0 spiro atoms. The summed E-state index contributed by atoms with van der Waals surface area (Å²) in [5, 5.41) is 0. The van der Waals surface area contributed by atoms with Crippen LogP contribution < -0.4 is 0 Å². The molecule has 0 aromatic carbocycles. The molecule has 1 rings (SSSR count). The molecule has 0 bridgehead atoms. The SMILES string of the molecule is CC(C)C[N+]1=CC=[N+](C)C1. The summed E-state index contributed by atoms with van der Waals surface area (Å²) in [6, 6.07) is 0. The van der Waals surface area contributed by atoms with Gasteiger partial charge < -0.3 is 0 Å². The molecule has 1 aliphatic heterocycles. The van der Waals surface area contributed by atoms with Gasteiger partial charge in [-0.3, -0.25) is 0 Å². The average molecular weight is 140 g/mol. The van der Waals surface area contributed by atoms with Crippen LogP contribution in [0.25, 0.3) is 0 Å². The van der Waals surface area contributed by atoms with Crippen molar-refractivity contribution in [2.75, 3.05) is 20.3 Å². The quantitative estimate of drug-likeness (QED) is 0.490. The van der Waals surface area contributed by atoms with Crippen molar-refractivity contribution >= 4 is 12.4 Å². The highest BCUT2D eigenvalue weighted by atomic mass is 15.2. The Morgan fingerprint density at radius 2 is 2.10 bits per heavy atom. The second-order valence-corrected chi connectivity index (χ2v) is 3.36. The van der Waals surface area contributed by atoms with E-state index in [9.17, 15) is 0 Å². The molecule has 0 saturated carbocycles. The van der Waals surface area contributed by atoms with Crippen molar-refractivity contribution in [2.24, 2.45) is 5.92 Å². The van der Waals surface area contributed by atoms with Gasteiger partial charge in [0.2, 0.25) is 12.4 Å². The summed E-state index contributed by atoms with van der Waals surface area (Å²) < 4.78 is 4.51. The maximum absolute atomic E-state index is 2.32. The zero-order chi connectivity index (χ0) is 7.56. The fraction of sp³-hybridized carbons (Fsp3) is 0.750. The van der Waals surface area contributed by atoms with Crippen LogP contribution in [0.1, 0.15) is 13.8 Å². The molecule has 0 aromatic rings. The van der Waals surface area contributed by atoms with Gasteiger partial charge in [0.15, 0.2) is 6.54 Å². The predicted molar refractivity (Wildman–Crippen MR) is 43.1 cm³/mol. The molecule has 10 heavy (non-hydrogen) atoms. The van der Waals surface area contributed by atoms with Gasteiger partial charge in [-0.15, -0.1) is 0 Å². The average Bonchev–Trinajstić information content (AvgIpc) is 2.13. The van der Waals surface area contributed by atoms with E-state index in [1.54, 1.807) is 0 Å². The highest BCUT2D eigenvalue weighted by Gasteiger charge is 2.16. The fourth-order valence-electron chi connectivity index (χ4n) is 1.18. The summed E-state index contributed by atoms with van der Waals surface area (Å²) in [5.41, 5.74) is 0. The molecule has 0 N–H and O–H groups in total. The van der Waals surface area contributed by atoms with E-state index >= 15 is 0 Å². The summed E-state index contributed by atoms with van der Waals surface area (Å²) >= 11 is 0. The van der Waals surface area contributed by atoms with Gasteiger partial charge in [0.05, 0.1) is 0 Å². The highest BCUT2D eigenvalue weighted by molar-refractivity contribution is 6.11. The van der Waals surface area contributed by atoms with Gasteiger partial charge in [-0.25, -0.2) is 0 Å². The van der Waals surface area contributed by atoms with Gasteiger partial charge in [-0.2, -0.15) is 9.15 Å². The normalized spacial score (nSPS) is 17.6. The van der Waals surface area contributed by atoms with Crippen molar-refractivity contribution < 1.29 is 9.15 Å². The van der Waals surface area contributed by atoms with E-state index < -0.39 is 0 Å². The van der Waals surface area contributed by atoms with E-state index in [0.717, 1.165) is 12.6 Å². The van der Waals surface area contributed by atoms with Gasteiger partial charge in [0, 0.05) is 5.92 Å². The Kier molecular flexibility index (Phi) is 2.20. The molecule has 56 valence electrons. The molecule has 0 fully saturated rings. The standard InChI is InChI=1S/C8H16N2/c1-8(2)6-10-5-4-9(3)7-10/h4-5,8H,6-7H2,1-3H3/q+2. The third kappa shape index (κ3) is 1.94. The Morgan fingerprint density at radius 1 is 1.40 bits per heavy atom. The van der Waals surface area contributed by atoms with Crippen LogP contribution in [-0.2, 0) is 0 Å². The molecule has 0 radical (unpaired) electrons. The lowest BCUT2D eigenvalue weighted by Crippen LogP contribution is -2.20. The van der Waals surface area contributed by atoms with E-state index in [1.165, 1.54) is 6.54 Å². The van der Waals surface area contributed by atoms with Crippen molar-refractivity contribution in [1.29, 1.82) is 0 Å². The van der Waals surface area contributed by atoms with Crippen molar-refractivity contribution in [3.8, 4) is 0 Å². The van der Waals surface area contributed by atoms with Crippen LogP contribution >= 0.6 is 0 Å². The molecule has 0 atom stereocenters. The highest BCUT2D eigenvalue weighted by Crippen LogP contribution is 1.93. The van der Waals surface area contributed by atoms with E-state index in [4.69, 9.17) is 0 Å². The van der Waals surface area contributed by atoms with Gasteiger partial charge >= 0.3 is 6.67 Å². The largest absolute Gasteiger partial charge is 0.334 e. The molecule has 0 amide bonds. The van der Waals surface area contributed by atoms with Gasteiger partial charge in [-0.05, 0) is 0 Å². The van der Waals surface area contributed by atoms with E-state index in [2.05, 4.69) is 42.5 Å². The van der Waals surface area contributed by atoms with Crippen molar-refractivity contribution in [3.05, 3.63) is 0 Å². The lowest BCUT2D eigenvalue weighted by molar-refractivity contribution is -0.701. The minimum Gasteiger partial charge on any atom is -0.176 e. The van der Waals surface area contributed by atoms with Crippen molar-refractivity contribution in [2.45, 2.75) is 13.8 Å². The molecule has 1 heterocycles. The minimum atomic E-state index is 0.760. The fourth-order valence-corrected chi connectivity index (χ4v) is 1.18. The summed E-state index contributed by atoms with van der Waals surface area (Å²) in [6.07, 6.45) is 4.27. The Hall–Kier alpha value is -0.660. The Labute approximate surface area is 62.5 Å². The Bertz CT molecular complexity index is 178. The molecule has 0 saturated heterocycles. The summed E-state index contributed by atoms with van der Waals surface area (Å²) in [6.45, 7) is 6.71. The van der Waals surface area contributed by atoms with Crippen LogP contribution in [0.3, 0.4) is 0 Å². The number of hydrogen-bond acceptors (Lipinski definition) is 0. The van der Waals surface area contributed by atoms with Crippen LogP contribution in [-0.4, -0.2) is 41.8 Å². The lowest BCUT2D eigenvalue weighted by atomic mass is 10.2. The molecule has 2 nitrogen and oxygen atoms in total. The maximum Gasteiger partial charge on any atom is 0.334 e. The van der Waals surface area contributed by atoms with Crippen LogP contribution in [0.2, 0.25) is 0 Å². The summed E-state index contributed by atoms with van der Waals surface area (Å²) in [4.78, 5) is 0. The third-order valence-electron chi connectivity index (χ3n) is 1.54. The molecular formula is C8H16N2+2. The van der Waals surface area contributed by atoms with Gasteiger partial charge in [-0.1, -0.05) is 13.8 Å². The second kappa shape index (κ2) is 2.95. The van der Waals surface area contributed by atoms with E-state index in [0.29, 0.717) is 0 Å². The first-order valence-electron chi connectivity index (χ1n) is 3.81. The zero-order valence-electron chi connectivity index (χ0n) is 7.04. The maximum atomic E-state index is 2.32. The molecule has 2 heteroatoms. The number of hydrogen-bond donors (Lipinski definition) is 0. The monoisotopic (exact) mass is 140 g/mol. The predicted octanol–water partition coefficient (Wildman–Crippen LogP) is 0.410. The van der Waals surface area contributed by atoms with Crippen LogP contribution in [0.5, 0.6) is 0 Å². The molecule has 0 aliphatic carbocycles. The zero-order valence-corrected chi connectivity index (χ0v) is 7.04. The number of nitrogens with zero attached hydrogens (tertiary/aromatic N) is 2. The first-order valence-corrected chi connectivity index (χ1v) is 3.81. The summed E-state index contributed by atoms with van der Waals surface area (Å²) in [5.74, 6) is 0.760. The van der Waals surface area contributed by atoms with E-state index in [-0.39, 0.29) is 0 Å². The Balaban J connectivity index is 2.35. The molecule has 0 aromatic heterocycles. The minimum absolute atomic E-state index is 0.760. The number of rotatable bonds is 2. The third-order valence-corrected chi connectivity index (χ3v) is 1.54. The molecule has 0 unspecified atom stereocenters. The van der Waals surface area contributed by atoms with Crippen molar-refractivity contribution in [3.63, 3.8) is 0 Å². The van der Waals surface area contributed by atoms with Crippen LogP contribution in [0.15, 0.2) is 0 Å². The topological polar surface area (TPSA) is 6.02 Å².